The molecular formula is C19H29NO3. The van der Waals surface area contributed by atoms with Crippen LogP contribution in [0.15, 0.2) is 18.2 Å². The lowest BCUT2D eigenvalue weighted by molar-refractivity contribution is 0.0911. The smallest absolute Gasteiger partial charge is 0.180 e. The van der Waals surface area contributed by atoms with Gasteiger partial charge in [-0.2, -0.15) is 0 Å². The van der Waals surface area contributed by atoms with Crippen molar-refractivity contribution in [2.75, 3.05) is 32.8 Å². The molecule has 0 atom stereocenters. The Labute approximate surface area is 139 Å². The van der Waals surface area contributed by atoms with Gasteiger partial charge in [-0.15, -0.1) is 0 Å². The van der Waals surface area contributed by atoms with Gasteiger partial charge in [-0.25, -0.2) is 0 Å². The molecule has 1 saturated heterocycles. The van der Waals surface area contributed by atoms with E-state index in [1.807, 2.05) is 18.2 Å². The van der Waals surface area contributed by atoms with Crippen LogP contribution in [0.1, 0.15) is 56.3 Å². The predicted octanol–water partition coefficient (Wildman–Crippen LogP) is 3.93. The lowest BCUT2D eigenvalue weighted by atomic mass is 10.1. The highest BCUT2D eigenvalue weighted by atomic mass is 16.5. The van der Waals surface area contributed by atoms with Crippen LogP contribution in [0.2, 0.25) is 0 Å². The van der Waals surface area contributed by atoms with Crippen LogP contribution in [0.4, 0.5) is 0 Å². The summed E-state index contributed by atoms with van der Waals surface area (Å²) in [7, 11) is 0. The van der Waals surface area contributed by atoms with Gasteiger partial charge in [0.2, 0.25) is 0 Å². The second kappa shape index (κ2) is 9.56. The Kier molecular flexibility index (Phi) is 7.40. The molecule has 1 aliphatic rings. The molecule has 0 radical (unpaired) electrons. The Bertz CT molecular complexity index is 495. The van der Waals surface area contributed by atoms with Crippen molar-refractivity contribution in [3.05, 3.63) is 23.8 Å². The van der Waals surface area contributed by atoms with Crippen molar-refractivity contribution in [2.45, 2.75) is 46.0 Å². The third-order valence-corrected chi connectivity index (χ3v) is 4.00. The van der Waals surface area contributed by atoms with Crippen molar-refractivity contribution in [1.82, 2.24) is 4.90 Å². The summed E-state index contributed by atoms with van der Waals surface area (Å²) in [5.41, 5.74) is 0.674. The maximum atomic E-state index is 12.7. The van der Waals surface area contributed by atoms with E-state index in [1.54, 1.807) is 0 Å². The molecule has 1 aromatic rings. The number of hydrogen-bond donors (Lipinski definition) is 0. The Balaban J connectivity index is 2.08. The third kappa shape index (κ3) is 5.54. The molecule has 2 rings (SSSR count). The minimum absolute atomic E-state index is 0.139. The molecule has 0 aliphatic carbocycles. The number of likely N-dealkylation sites (tertiary alicyclic amines) is 1. The first-order valence-corrected chi connectivity index (χ1v) is 8.89. The SMILES string of the molecule is CCCOc1ccc(C(=O)CN2CCCCC2)c(OCCC)c1. The Morgan fingerprint density at radius 3 is 2.43 bits per heavy atom. The molecule has 4 nitrogen and oxygen atoms in total. The number of benzene rings is 1. The van der Waals surface area contributed by atoms with Crippen LogP contribution in [0.25, 0.3) is 0 Å². The molecule has 0 saturated carbocycles. The molecule has 0 amide bonds. The zero-order valence-corrected chi connectivity index (χ0v) is 14.5. The number of carbonyl (C=O) groups excluding carboxylic acids is 1. The Hall–Kier alpha value is -1.55. The normalized spacial score (nSPS) is 15.4. The van der Waals surface area contributed by atoms with E-state index in [9.17, 15) is 4.79 Å². The summed E-state index contributed by atoms with van der Waals surface area (Å²) in [5.74, 6) is 1.56. The molecule has 1 aliphatic heterocycles. The van der Waals surface area contributed by atoms with Crippen LogP contribution < -0.4 is 9.47 Å². The summed E-state index contributed by atoms with van der Waals surface area (Å²) in [6, 6.07) is 5.58. The van der Waals surface area contributed by atoms with Crippen molar-refractivity contribution in [3.63, 3.8) is 0 Å². The summed E-state index contributed by atoms with van der Waals surface area (Å²) in [6.07, 6.45) is 5.53. The first-order chi connectivity index (χ1) is 11.2. The van der Waals surface area contributed by atoms with E-state index in [2.05, 4.69) is 18.7 Å². The number of Topliss-reactive ketones (excluding diaryl/α,β-unsaturated/α-hetero) is 1. The summed E-state index contributed by atoms with van der Waals surface area (Å²) >= 11 is 0. The summed E-state index contributed by atoms with van der Waals surface area (Å²) < 4.78 is 11.5. The first kappa shape index (κ1) is 17.8. The second-order valence-electron chi connectivity index (χ2n) is 6.11. The molecule has 1 aromatic carbocycles. The summed E-state index contributed by atoms with van der Waals surface area (Å²) in [6.45, 7) is 7.95. The number of hydrogen-bond acceptors (Lipinski definition) is 4. The minimum atomic E-state index is 0.139. The molecule has 0 aromatic heterocycles. The standard InChI is InChI=1S/C19H29NO3/c1-3-12-22-16-8-9-17(19(14-16)23-13-4-2)18(21)15-20-10-6-5-7-11-20/h8-9,14H,3-7,10-13,15H2,1-2H3. The fraction of sp³-hybridized carbons (Fsp3) is 0.632. The molecule has 128 valence electrons. The molecule has 0 N–H and O–H groups in total. The predicted molar refractivity (Wildman–Crippen MR) is 92.6 cm³/mol. The zero-order valence-electron chi connectivity index (χ0n) is 14.5. The van der Waals surface area contributed by atoms with Gasteiger partial charge in [0.05, 0.1) is 25.3 Å². The van der Waals surface area contributed by atoms with E-state index in [0.717, 1.165) is 31.7 Å². The van der Waals surface area contributed by atoms with Gasteiger partial charge < -0.3 is 9.47 Å². The van der Waals surface area contributed by atoms with E-state index in [0.29, 0.717) is 31.1 Å². The van der Waals surface area contributed by atoms with Crippen LogP contribution in [-0.4, -0.2) is 43.5 Å². The molecule has 4 heteroatoms. The molecule has 23 heavy (non-hydrogen) atoms. The van der Waals surface area contributed by atoms with Gasteiger partial charge in [0, 0.05) is 6.07 Å². The van der Waals surface area contributed by atoms with Crippen LogP contribution in [0.5, 0.6) is 11.5 Å². The third-order valence-electron chi connectivity index (χ3n) is 4.00. The van der Waals surface area contributed by atoms with Crippen molar-refractivity contribution in [2.24, 2.45) is 0 Å². The maximum absolute atomic E-state index is 12.7. The highest BCUT2D eigenvalue weighted by Crippen LogP contribution is 2.26. The number of ether oxygens (including phenoxy) is 2. The van der Waals surface area contributed by atoms with Crippen molar-refractivity contribution in [3.8, 4) is 11.5 Å². The quantitative estimate of drug-likeness (QED) is 0.646. The second-order valence-corrected chi connectivity index (χ2v) is 6.11. The molecule has 1 fully saturated rings. The highest BCUT2D eigenvalue weighted by molar-refractivity contribution is 6.00. The van der Waals surface area contributed by atoms with E-state index < -0.39 is 0 Å². The average molecular weight is 319 g/mol. The monoisotopic (exact) mass is 319 g/mol. The van der Waals surface area contributed by atoms with Gasteiger partial charge in [-0.3, -0.25) is 9.69 Å². The van der Waals surface area contributed by atoms with E-state index in [1.165, 1.54) is 19.3 Å². The van der Waals surface area contributed by atoms with Gasteiger partial charge >= 0.3 is 0 Å². The van der Waals surface area contributed by atoms with Gasteiger partial charge in [0.25, 0.3) is 0 Å². The van der Waals surface area contributed by atoms with Gasteiger partial charge in [0.15, 0.2) is 5.78 Å². The molecule has 0 spiro atoms. The Morgan fingerprint density at radius 1 is 1.04 bits per heavy atom. The number of carbonyl (C=O) groups is 1. The largest absolute Gasteiger partial charge is 0.493 e. The van der Waals surface area contributed by atoms with E-state index in [4.69, 9.17) is 9.47 Å². The van der Waals surface area contributed by atoms with Crippen molar-refractivity contribution >= 4 is 5.78 Å². The number of ketones is 1. The Morgan fingerprint density at radius 2 is 1.74 bits per heavy atom. The van der Waals surface area contributed by atoms with Crippen molar-refractivity contribution in [1.29, 1.82) is 0 Å². The molecule has 0 unspecified atom stereocenters. The number of piperidine rings is 1. The average Bonchev–Trinajstić information content (AvgIpc) is 2.59. The summed E-state index contributed by atoms with van der Waals surface area (Å²) in [4.78, 5) is 14.9. The van der Waals surface area contributed by atoms with Crippen LogP contribution in [0, 0.1) is 0 Å². The highest BCUT2D eigenvalue weighted by Gasteiger charge is 2.19. The van der Waals surface area contributed by atoms with E-state index >= 15 is 0 Å². The van der Waals surface area contributed by atoms with Crippen LogP contribution in [0.3, 0.4) is 0 Å². The summed E-state index contributed by atoms with van der Waals surface area (Å²) in [5, 5.41) is 0. The van der Waals surface area contributed by atoms with Gasteiger partial charge in [-0.05, 0) is 50.9 Å². The topological polar surface area (TPSA) is 38.8 Å². The van der Waals surface area contributed by atoms with Gasteiger partial charge in [0.1, 0.15) is 11.5 Å². The number of rotatable bonds is 9. The zero-order chi connectivity index (χ0) is 16.5. The lowest BCUT2D eigenvalue weighted by Crippen LogP contribution is -2.34. The minimum Gasteiger partial charge on any atom is -0.493 e. The fourth-order valence-electron chi connectivity index (χ4n) is 2.78. The lowest BCUT2D eigenvalue weighted by Gasteiger charge is -2.25. The fourth-order valence-corrected chi connectivity index (χ4v) is 2.78. The molecule has 1 heterocycles. The molecular weight excluding hydrogens is 290 g/mol. The van der Waals surface area contributed by atoms with Crippen LogP contribution in [-0.2, 0) is 0 Å². The maximum Gasteiger partial charge on any atom is 0.180 e. The van der Waals surface area contributed by atoms with E-state index in [-0.39, 0.29) is 5.78 Å². The molecule has 0 bridgehead atoms. The number of nitrogens with zero attached hydrogens (tertiary/aromatic N) is 1. The van der Waals surface area contributed by atoms with Crippen LogP contribution >= 0.6 is 0 Å². The van der Waals surface area contributed by atoms with Crippen molar-refractivity contribution < 1.29 is 14.3 Å². The first-order valence-electron chi connectivity index (χ1n) is 8.89. The van der Waals surface area contributed by atoms with Gasteiger partial charge in [-0.1, -0.05) is 20.3 Å².